The summed E-state index contributed by atoms with van der Waals surface area (Å²) in [5.41, 5.74) is -1.33. The molecule has 1 fully saturated rings. The van der Waals surface area contributed by atoms with E-state index in [4.69, 9.17) is 32.9 Å². The van der Waals surface area contributed by atoms with Gasteiger partial charge in [-0.2, -0.15) is 26.3 Å². The summed E-state index contributed by atoms with van der Waals surface area (Å²) in [7, 11) is 0. The van der Waals surface area contributed by atoms with Gasteiger partial charge in [-0.05, 0) is 106 Å². The minimum Gasteiger partial charge on any atom is -0.487 e. The van der Waals surface area contributed by atoms with Crippen molar-refractivity contribution >= 4 is 57.7 Å². The number of fused-ring (bicyclic) bond motifs is 2. The number of thioether (sulfide) groups is 2. The minimum atomic E-state index is -4.39. The second-order valence-corrected chi connectivity index (χ2v) is 17.3. The number of ether oxygens (including phenoxy) is 4. The molecule has 4 aromatic heterocycles. The summed E-state index contributed by atoms with van der Waals surface area (Å²) in [4.78, 5) is 33.9. The van der Waals surface area contributed by atoms with Crippen LogP contribution in [-0.4, -0.2) is 52.7 Å². The molecule has 362 valence electrons. The number of aliphatic hydroxyl groups excluding tert-OH is 1. The number of alkyl halides is 6. The molecule has 0 aliphatic carbocycles. The van der Waals surface area contributed by atoms with Gasteiger partial charge in [0, 0.05) is 51.7 Å². The largest absolute Gasteiger partial charge is 0.487 e. The van der Waals surface area contributed by atoms with Crippen LogP contribution in [0.5, 0.6) is 11.5 Å². The van der Waals surface area contributed by atoms with Crippen LogP contribution in [0, 0.1) is 0 Å². The third-order valence-electron chi connectivity index (χ3n) is 10.1. The summed E-state index contributed by atoms with van der Waals surface area (Å²) in [6, 6.07) is 13.5. The van der Waals surface area contributed by atoms with Crippen LogP contribution in [0.15, 0.2) is 114 Å². The van der Waals surface area contributed by atoms with Gasteiger partial charge in [-0.15, -0.1) is 35.9 Å². The summed E-state index contributed by atoms with van der Waals surface area (Å²) in [5.74, 6) is 2.50. The molecule has 1 aliphatic heterocycles. The zero-order chi connectivity index (χ0) is 46.9. The monoisotopic (exact) mass is 998 g/mol. The summed E-state index contributed by atoms with van der Waals surface area (Å²) in [5, 5.41) is 10.3. The Bertz CT molecular complexity index is 2610. The molecule has 1 atom stereocenters. The molecule has 5 heterocycles. The Labute approximate surface area is 396 Å². The standard InChI is InChI=1S/C26H28F3NO5S.C21H20F3NO4S.ClH/c27-26(28,29)18-7-8-20-21(14-18)30-10-9-24(20)36-13-5-1-3-11-32-23-17-34-19(15-22(23)31)16-35-25-6-2-4-12-33-25;22-21(23,24)14-4-5-16-17(10-14)25-7-6-20(16)30-9-3-1-2-8-28-19-13-29-15(12-26)11-18(19)27;/h7-10,14-15,17,25H,1-6,11-13,16H2;4-7,10-11,13,26H,1-3,8-9,12H2;1H. The van der Waals surface area contributed by atoms with Crippen LogP contribution in [0.2, 0.25) is 0 Å². The molecule has 1 saturated heterocycles. The Hall–Kier alpha value is -4.79. The van der Waals surface area contributed by atoms with Crippen LogP contribution >= 0.6 is 35.9 Å². The predicted octanol–water partition coefficient (Wildman–Crippen LogP) is 12.1. The number of hydrogen-bond acceptors (Lipinski definition) is 13. The highest BCUT2D eigenvalue weighted by Crippen LogP contribution is 2.35. The van der Waals surface area contributed by atoms with Crippen molar-refractivity contribution in [2.75, 3.05) is 31.3 Å². The molecule has 7 rings (SSSR count). The van der Waals surface area contributed by atoms with Gasteiger partial charge in [0.15, 0.2) is 6.29 Å². The zero-order valence-electron chi connectivity index (χ0n) is 36.1. The number of rotatable bonds is 20. The van der Waals surface area contributed by atoms with Crippen LogP contribution in [-0.2, 0) is 35.0 Å². The van der Waals surface area contributed by atoms with E-state index in [1.54, 1.807) is 29.6 Å². The topological polar surface area (TPSA) is 143 Å². The first-order valence-electron chi connectivity index (χ1n) is 21.3. The zero-order valence-corrected chi connectivity index (χ0v) is 38.5. The first kappa shape index (κ1) is 53.2. The maximum atomic E-state index is 12.9. The van der Waals surface area contributed by atoms with Gasteiger partial charge in [0.2, 0.25) is 22.4 Å². The highest BCUT2D eigenvalue weighted by atomic mass is 35.5. The van der Waals surface area contributed by atoms with Crippen molar-refractivity contribution in [2.24, 2.45) is 0 Å². The van der Waals surface area contributed by atoms with Crippen LogP contribution in [0.25, 0.3) is 21.8 Å². The Morgan fingerprint density at radius 1 is 0.657 bits per heavy atom. The van der Waals surface area contributed by atoms with Crippen molar-refractivity contribution in [3.8, 4) is 11.5 Å². The van der Waals surface area contributed by atoms with Gasteiger partial charge in [0.25, 0.3) is 0 Å². The fraction of sp³-hybridized carbons (Fsp3) is 0.404. The number of aromatic nitrogens is 2. The van der Waals surface area contributed by atoms with Crippen LogP contribution in [0.3, 0.4) is 0 Å². The minimum absolute atomic E-state index is 0. The number of nitrogens with zero attached hydrogens (tertiary/aromatic N) is 2. The molecule has 6 aromatic rings. The van der Waals surface area contributed by atoms with E-state index in [0.29, 0.717) is 47.4 Å². The molecule has 0 saturated carbocycles. The van der Waals surface area contributed by atoms with E-state index in [1.807, 2.05) is 6.07 Å². The maximum absolute atomic E-state index is 12.9. The number of halogens is 7. The molecule has 0 radical (unpaired) electrons. The highest BCUT2D eigenvalue weighted by molar-refractivity contribution is 7.99. The summed E-state index contributed by atoms with van der Waals surface area (Å²) in [6.07, 6.45) is 4.52. The van der Waals surface area contributed by atoms with E-state index in [1.165, 1.54) is 49.2 Å². The lowest BCUT2D eigenvalue weighted by Crippen LogP contribution is -2.22. The van der Waals surface area contributed by atoms with E-state index < -0.39 is 23.5 Å². The molecule has 1 unspecified atom stereocenters. The fourth-order valence-corrected chi connectivity index (χ4v) is 8.71. The van der Waals surface area contributed by atoms with Gasteiger partial charge in [0.1, 0.15) is 37.3 Å². The van der Waals surface area contributed by atoms with Gasteiger partial charge < -0.3 is 32.9 Å². The third-order valence-corrected chi connectivity index (χ3v) is 12.4. The molecule has 2 aromatic carbocycles. The lowest BCUT2D eigenvalue weighted by molar-refractivity contribution is -0.171. The van der Waals surface area contributed by atoms with Crippen molar-refractivity contribution in [2.45, 2.75) is 99.4 Å². The van der Waals surface area contributed by atoms with Crippen LogP contribution in [0.4, 0.5) is 26.3 Å². The first-order chi connectivity index (χ1) is 31.8. The van der Waals surface area contributed by atoms with Gasteiger partial charge in [-0.3, -0.25) is 19.6 Å². The second-order valence-electron chi connectivity index (χ2n) is 15.0. The number of unbranched alkanes of at least 4 members (excludes halogenated alkanes) is 4. The summed E-state index contributed by atoms with van der Waals surface area (Å²) in [6.45, 7) is 1.27. The number of benzene rings is 2. The van der Waals surface area contributed by atoms with E-state index in [-0.39, 0.29) is 60.0 Å². The maximum Gasteiger partial charge on any atom is 0.416 e. The number of hydrogen-bond donors (Lipinski definition) is 1. The number of pyridine rings is 2. The normalized spacial score (nSPS) is 14.0. The second kappa shape index (κ2) is 26.1. The SMILES string of the molecule is Cl.O=c1cc(CO)occ1OCCCCCSc1ccnc2cc(C(F)(F)F)ccc12.O=c1cc(COC2CCCCO2)occ1OCCCCCSc1ccnc2cc(C(F)(F)F)ccc12. The van der Waals surface area contributed by atoms with Gasteiger partial charge in [0.05, 0.1) is 35.4 Å². The average molecular weight is 999 g/mol. The Kier molecular flexibility index (Phi) is 20.7. The molecule has 0 bridgehead atoms. The van der Waals surface area contributed by atoms with E-state index in [0.717, 1.165) is 103 Å². The predicted molar refractivity (Wildman–Crippen MR) is 245 cm³/mol. The fourth-order valence-electron chi connectivity index (χ4n) is 6.60. The molecule has 20 heteroatoms. The van der Waals surface area contributed by atoms with Crippen molar-refractivity contribution in [1.82, 2.24) is 9.97 Å². The first-order valence-corrected chi connectivity index (χ1v) is 23.3. The van der Waals surface area contributed by atoms with E-state index in [9.17, 15) is 35.9 Å². The Balaban J connectivity index is 0.000000251. The van der Waals surface area contributed by atoms with E-state index >= 15 is 0 Å². The molecular formula is C47H49ClF6N2O9S2. The smallest absolute Gasteiger partial charge is 0.416 e. The molecule has 11 nitrogen and oxygen atoms in total. The summed E-state index contributed by atoms with van der Waals surface area (Å²) < 4.78 is 110. The molecule has 1 aliphatic rings. The lowest BCUT2D eigenvalue weighted by atomic mass is 10.1. The Morgan fingerprint density at radius 2 is 1.16 bits per heavy atom. The van der Waals surface area contributed by atoms with Crippen molar-refractivity contribution in [3.05, 3.63) is 129 Å². The van der Waals surface area contributed by atoms with Crippen LogP contribution < -0.4 is 20.3 Å². The van der Waals surface area contributed by atoms with Gasteiger partial charge >= 0.3 is 12.4 Å². The van der Waals surface area contributed by atoms with Crippen molar-refractivity contribution in [1.29, 1.82) is 0 Å². The average Bonchev–Trinajstić information content (AvgIpc) is 3.30. The van der Waals surface area contributed by atoms with E-state index in [2.05, 4.69) is 9.97 Å². The lowest BCUT2D eigenvalue weighted by Gasteiger charge is -2.22. The highest BCUT2D eigenvalue weighted by Gasteiger charge is 2.31. The van der Waals surface area contributed by atoms with Crippen molar-refractivity contribution in [3.63, 3.8) is 0 Å². The molecule has 0 spiro atoms. The molecule has 0 amide bonds. The summed E-state index contributed by atoms with van der Waals surface area (Å²) >= 11 is 3.16. The molecule has 67 heavy (non-hydrogen) atoms. The van der Waals surface area contributed by atoms with Crippen LogP contribution in [0.1, 0.15) is 80.4 Å². The quantitative estimate of drug-likeness (QED) is 0.0441. The molecule has 1 N–H and O–H groups in total. The van der Waals surface area contributed by atoms with Gasteiger partial charge in [-0.25, -0.2) is 0 Å². The van der Waals surface area contributed by atoms with Gasteiger partial charge in [-0.1, -0.05) is 12.1 Å². The number of aliphatic hydroxyl groups is 1. The molecular weight excluding hydrogens is 950 g/mol. The van der Waals surface area contributed by atoms with Crippen molar-refractivity contribution < 1.29 is 59.2 Å². The third kappa shape index (κ3) is 16.5. The Morgan fingerprint density at radius 3 is 1.63 bits per heavy atom.